The summed E-state index contributed by atoms with van der Waals surface area (Å²) < 4.78 is 8.00. The molecule has 0 saturated carbocycles. The number of ether oxygens (including phenoxy) is 1. The van der Waals surface area contributed by atoms with Gasteiger partial charge in [-0.25, -0.2) is 0 Å². The van der Waals surface area contributed by atoms with Gasteiger partial charge in [0.25, 0.3) is 0 Å². The van der Waals surface area contributed by atoms with E-state index in [1.807, 2.05) is 13.0 Å². The minimum atomic E-state index is -0.0649. The van der Waals surface area contributed by atoms with Gasteiger partial charge in [0.15, 0.2) is 0 Å². The van der Waals surface area contributed by atoms with Crippen molar-refractivity contribution < 1.29 is 4.74 Å². The standard InChI is InChI=1S/C14H12Br2Cl2OS/c1-6-4-9(15)7(2)11(13(6)19-3)12(16)8-5-10(17)20-14(8)18/h4-5,12H,1-3H3. The maximum Gasteiger partial charge on any atom is 0.126 e. The molecule has 0 spiro atoms. The first kappa shape index (κ1) is 16.6. The molecule has 0 bridgehead atoms. The van der Waals surface area contributed by atoms with Gasteiger partial charge in [0.05, 0.1) is 20.6 Å². The van der Waals surface area contributed by atoms with Crippen LogP contribution in [0.1, 0.15) is 27.1 Å². The number of halogens is 4. The summed E-state index contributed by atoms with van der Waals surface area (Å²) in [7, 11) is 1.68. The van der Waals surface area contributed by atoms with Crippen LogP contribution in [0.4, 0.5) is 0 Å². The average Bonchev–Trinajstić information content (AvgIpc) is 2.71. The Kier molecular flexibility index (Phi) is 5.46. The molecule has 1 atom stereocenters. The van der Waals surface area contributed by atoms with Crippen LogP contribution in [0.2, 0.25) is 8.67 Å². The molecule has 0 aliphatic carbocycles. The highest BCUT2D eigenvalue weighted by molar-refractivity contribution is 9.10. The maximum absolute atomic E-state index is 6.27. The Morgan fingerprint density at radius 2 is 1.90 bits per heavy atom. The monoisotopic (exact) mass is 456 g/mol. The van der Waals surface area contributed by atoms with E-state index in [1.165, 1.54) is 11.3 Å². The summed E-state index contributed by atoms with van der Waals surface area (Å²) in [5, 5.41) is 0. The zero-order valence-corrected chi connectivity index (χ0v) is 16.6. The van der Waals surface area contributed by atoms with Crippen molar-refractivity contribution in [1.82, 2.24) is 0 Å². The van der Waals surface area contributed by atoms with Gasteiger partial charge in [-0.3, -0.25) is 0 Å². The number of benzene rings is 1. The fraction of sp³-hybridized carbons (Fsp3) is 0.286. The molecule has 1 nitrogen and oxygen atoms in total. The normalized spacial score (nSPS) is 12.6. The third-order valence-electron chi connectivity index (χ3n) is 3.12. The van der Waals surface area contributed by atoms with E-state index in [0.29, 0.717) is 8.67 Å². The van der Waals surface area contributed by atoms with Crippen LogP contribution in [0, 0.1) is 13.8 Å². The van der Waals surface area contributed by atoms with Gasteiger partial charge in [0.1, 0.15) is 5.75 Å². The number of thiophene rings is 1. The topological polar surface area (TPSA) is 9.23 Å². The lowest BCUT2D eigenvalue weighted by molar-refractivity contribution is 0.406. The molecule has 6 heteroatoms. The van der Waals surface area contributed by atoms with E-state index in [4.69, 9.17) is 27.9 Å². The first-order valence-corrected chi connectivity index (χ1v) is 9.07. The van der Waals surface area contributed by atoms with Crippen molar-refractivity contribution in [1.29, 1.82) is 0 Å². The molecule has 0 saturated heterocycles. The van der Waals surface area contributed by atoms with Crippen molar-refractivity contribution in [2.45, 2.75) is 18.7 Å². The highest BCUT2D eigenvalue weighted by Crippen LogP contribution is 2.47. The molecule has 1 aromatic carbocycles. The summed E-state index contributed by atoms with van der Waals surface area (Å²) in [5.74, 6) is 0.867. The number of hydrogen-bond acceptors (Lipinski definition) is 2. The molecule has 0 N–H and O–H groups in total. The second kappa shape index (κ2) is 6.57. The van der Waals surface area contributed by atoms with Crippen molar-refractivity contribution in [2.75, 3.05) is 7.11 Å². The van der Waals surface area contributed by atoms with E-state index in [9.17, 15) is 0 Å². The van der Waals surface area contributed by atoms with Crippen LogP contribution in [0.5, 0.6) is 5.75 Å². The van der Waals surface area contributed by atoms with Crippen LogP contribution < -0.4 is 4.74 Å². The molecular formula is C14H12Br2Cl2OS. The minimum absolute atomic E-state index is 0.0649. The highest BCUT2D eigenvalue weighted by Gasteiger charge is 2.24. The number of methoxy groups -OCH3 is 1. The summed E-state index contributed by atoms with van der Waals surface area (Å²) >= 11 is 21.0. The molecule has 0 radical (unpaired) electrons. The van der Waals surface area contributed by atoms with Gasteiger partial charge >= 0.3 is 0 Å². The Morgan fingerprint density at radius 3 is 2.40 bits per heavy atom. The molecule has 1 heterocycles. The first-order valence-electron chi connectivity index (χ1n) is 5.79. The second-order valence-corrected chi connectivity index (χ2v) is 8.44. The van der Waals surface area contributed by atoms with Crippen LogP contribution in [0.3, 0.4) is 0 Å². The van der Waals surface area contributed by atoms with E-state index in [0.717, 1.165) is 32.5 Å². The number of hydrogen-bond donors (Lipinski definition) is 0. The number of aryl methyl sites for hydroxylation is 1. The third kappa shape index (κ3) is 3.05. The summed E-state index contributed by atoms with van der Waals surface area (Å²) in [6, 6.07) is 3.95. The zero-order chi connectivity index (χ0) is 15.0. The van der Waals surface area contributed by atoms with Crippen LogP contribution in [0.25, 0.3) is 0 Å². The molecular weight excluding hydrogens is 447 g/mol. The summed E-state index contributed by atoms with van der Waals surface area (Å²) in [5.41, 5.74) is 4.21. The van der Waals surface area contributed by atoms with Crippen LogP contribution >= 0.6 is 66.4 Å². The van der Waals surface area contributed by atoms with Gasteiger partial charge in [0, 0.05) is 15.6 Å². The van der Waals surface area contributed by atoms with Gasteiger partial charge in [-0.2, -0.15) is 0 Å². The average molecular weight is 459 g/mol. The smallest absolute Gasteiger partial charge is 0.126 e. The lowest BCUT2D eigenvalue weighted by Gasteiger charge is -2.20. The van der Waals surface area contributed by atoms with E-state index in [-0.39, 0.29) is 4.83 Å². The van der Waals surface area contributed by atoms with Gasteiger partial charge in [-0.1, -0.05) is 55.1 Å². The predicted octanol–water partition coefficient (Wildman–Crippen LogP) is 6.93. The molecule has 1 aromatic heterocycles. The van der Waals surface area contributed by atoms with Crippen molar-refractivity contribution in [3.63, 3.8) is 0 Å². The predicted molar refractivity (Wildman–Crippen MR) is 95.3 cm³/mol. The fourth-order valence-corrected chi connectivity index (χ4v) is 5.42. The molecule has 1 unspecified atom stereocenters. The lowest BCUT2D eigenvalue weighted by atomic mass is 9.98. The second-order valence-electron chi connectivity index (χ2n) is 4.39. The fourth-order valence-electron chi connectivity index (χ4n) is 2.13. The number of alkyl halides is 1. The molecule has 0 amide bonds. The molecule has 2 rings (SSSR count). The largest absolute Gasteiger partial charge is 0.496 e. The Balaban J connectivity index is 2.65. The van der Waals surface area contributed by atoms with E-state index >= 15 is 0 Å². The highest BCUT2D eigenvalue weighted by atomic mass is 79.9. The Morgan fingerprint density at radius 1 is 1.25 bits per heavy atom. The SMILES string of the molecule is COc1c(C)cc(Br)c(C)c1C(Br)c1cc(Cl)sc1Cl. The van der Waals surface area contributed by atoms with Gasteiger partial charge < -0.3 is 4.74 Å². The first-order chi connectivity index (χ1) is 9.36. The zero-order valence-electron chi connectivity index (χ0n) is 11.1. The van der Waals surface area contributed by atoms with Crippen LogP contribution in [-0.2, 0) is 0 Å². The van der Waals surface area contributed by atoms with Gasteiger partial charge in [-0.05, 0) is 37.1 Å². The van der Waals surface area contributed by atoms with Crippen molar-refractivity contribution in [3.8, 4) is 5.75 Å². The lowest BCUT2D eigenvalue weighted by Crippen LogP contribution is -2.02. The number of rotatable bonds is 3. The Bertz CT molecular complexity index is 655. The van der Waals surface area contributed by atoms with E-state index in [1.54, 1.807) is 7.11 Å². The van der Waals surface area contributed by atoms with Crippen molar-refractivity contribution >= 4 is 66.4 Å². The summed E-state index contributed by atoms with van der Waals surface area (Å²) in [4.78, 5) is -0.0649. The van der Waals surface area contributed by atoms with Crippen molar-refractivity contribution in [2.24, 2.45) is 0 Å². The van der Waals surface area contributed by atoms with Gasteiger partial charge in [-0.15, -0.1) is 11.3 Å². The third-order valence-corrected chi connectivity index (χ3v) is 6.41. The molecule has 20 heavy (non-hydrogen) atoms. The van der Waals surface area contributed by atoms with Crippen LogP contribution in [0.15, 0.2) is 16.6 Å². The molecule has 0 aliphatic heterocycles. The van der Waals surface area contributed by atoms with E-state index in [2.05, 4.69) is 44.8 Å². The summed E-state index contributed by atoms with van der Waals surface area (Å²) in [6.45, 7) is 4.08. The molecule has 0 fully saturated rings. The Hall–Kier alpha value is 0.260. The molecule has 108 valence electrons. The summed E-state index contributed by atoms with van der Waals surface area (Å²) in [6.07, 6.45) is 0. The maximum atomic E-state index is 6.27. The quantitative estimate of drug-likeness (QED) is 0.453. The van der Waals surface area contributed by atoms with Crippen molar-refractivity contribution in [3.05, 3.63) is 47.5 Å². The van der Waals surface area contributed by atoms with Gasteiger partial charge in [0.2, 0.25) is 0 Å². The molecule has 2 aromatic rings. The van der Waals surface area contributed by atoms with E-state index < -0.39 is 0 Å². The molecule has 0 aliphatic rings. The van der Waals surface area contributed by atoms with Crippen LogP contribution in [-0.4, -0.2) is 7.11 Å². The minimum Gasteiger partial charge on any atom is -0.496 e. The Labute approximate surface area is 149 Å².